The van der Waals surface area contributed by atoms with Gasteiger partial charge in [0.15, 0.2) is 5.13 Å². The molecule has 0 bridgehead atoms. The Kier molecular flexibility index (Phi) is 5.26. The van der Waals surface area contributed by atoms with E-state index in [4.69, 9.17) is 5.11 Å². The zero-order valence-electron chi connectivity index (χ0n) is 15.2. The number of carbonyl (C=O) groups is 1. The van der Waals surface area contributed by atoms with Gasteiger partial charge in [0.2, 0.25) is 10.0 Å². The number of aromatic nitrogens is 3. The third kappa shape index (κ3) is 3.84. The van der Waals surface area contributed by atoms with Gasteiger partial charge in [0, 0.05) is 37.9 Å². The topological polar surface area (TPSA) is 117 Å². The fourth-order valence-electron chi connectivity index (χ4n) is 3.12. The van der Waals surface area contributed by atoms with Crippen LogP contribution in [0.15, 0.2) is 53.9 Å². The largest absolute Gasteiger partial charge is 0.477 e. The highest BCUT2D eigenvalue weighted by atomic mass is 32.2. The molecule has 3 aromatic rings. The summed E-state index contributed by atoms with van der Waals surface area (Å²) in [6, 6.07) is 8.45. The van der Waals surface area contributed by atoms with Crippen LogP contribution >= 0.6 is 11.3 Å². The zero-order chi connectivity index (χ0) is 20.4. The van der Waals surface area contributed by atoms with Crippen LogP contribution < -0.4 is 4.90 Å². The summed E-state index contributed by atoms with van der Waals surface area (Å²) in [7, 11) is -3.72. The smallest absolute Gasteiger partial charge is 0.347 e. The van der Waals surface area contributed by atoms with Crippen molar-refractivity contribution in [1.29, 1.82) is 0 Å². The van der Waals surface area contributed by atoms with Gasteiger partial charge < -0.3 is 10.0 Å². The highest BCUT2D eigenvalue weighted by molar-refractivity contribution is 7.89. The molecule has 1 aliphatic rings. The van der Waals surface area contributed by atoms with Crippen molar-refractivity contribution >= 4 is 32.5 Å². The molecular formula is C18H17N5O4S2. The molecule has 0 saturated carbocycles. The molecule has 4 rings (SSSR count). The molecule has 11 heteroatoms. The summed E-state index contributed by atoms with van der Waals surface area (Å²) in [6.45, 7) is 1.42. The quantitative estimate of drug-likeness (QED) is 0.650. The van der Waals surface area contributed by atoms with E-state index in [0.29, 0.717) is 29.5 Å². The number of hydrogen-bond donors (Lipinski definition) is 1. The Morgan fingerprint density at radius 1 is 1.07 bits per heavy atom. The van der Waals surface area contributed by atoms with Crippen molar-refractivity contribution in [3.8, 4) is 11.3 Å². The van der Waals surface area contributed by atoms with E-state index in [9.17, 15) is 13.2 Å². The molecule has 0 amide bonds. The summed E-state index contributed by atoms with van der Waals surface area (Å²) in [5, 5.41) is 9.63. The van der Waals surface area contributed by atoms with Crippen LogP contribution in [0.2, 0.25) is 0 Å². The maximum atomic E-state index is 13.3. The van der Waals surface area contributed by atoms with Crippen LogP contribution in [0, 0.1) is 0 Å². The molecule has 0 aliphatic carbocycles. The third-order valence-electron chi connectivity index (χ3n) is 4.58. The van der Waals surface area contributed by atoms with Gasteiger partial charge >= 0.3 is 5.97 Å². The SMILES string of the molecule is O=C(O)c1cnc(N2CCN(S(=O)(=O)c3ccccc3-c3ccncn3)CC2)s1. The maximum absolute atomic E-state index is 13.3. The Labute approximate surface area is 171 Å². The Balaban J connectivity index is 1.55. The molecule has 1 fully saturated rings. The van der Waals surface area contributed by atoms with Crippen molar-refractivity contribution in [2.24, 2.45) is 0 Å². The van der Waals surface area contributed by atoms with Gasteiger partial charge in [-0.15, -0.1) is 0 Å². The van der Waals surface area contributed by atoms with Gasteiger partial charge in [-0.1, -0.05) is 29.5 Å². The molecule has 29 heavy (non-hydrogen) atoms. The van der Waals surface area contributed by atoms with Crippen molar-refractivity contribution in [1.82, 2.24) is 19.3 Å². The lowest BCUT2D eigenvalue weighted by Crippen LogP contribution is -2.48. The molecule has 0 unspecified atom stereocenters. The minimum Gasteiger partial charge on any atom is -0.477 e. The minimum absolute atomic E-state index is 0.161. The molecule has 1 saturated heterocycles. The number of rotatable bonds is 5. The van der Waals surface area contributed by atoms with Gasteiger partial charge in [0.05, 0.1) is 16.8 Å². The second kappa shape index (κ2) is 7.85. The van der Waals surface area contributed by atoms with Crippen molar-refractivity contribution in [3.63, 3.8) is 0 Å². The lowest BCUT2D eigenvalue weighted by atomic mass is 10.1. The first-order chi connectivity index (χ1) is 14.0. The fourth-order valence-corrected chi connectivity index (χ4v) is 5.55. The molecule has 9 nitrogen and oxygen atoms in total. The average Bonchev–Trinajstić information content (AvgIpc) is 3.25. The Morgan fingerprint density at radius 2 is 1.83 bits per heavy atom. The van der Waals surface area contributed by atoms with Gasteiger partial charge in [0.1, 0.15) is 11.2 Å². The zero-order valence-corrected chi connectivity index (χ0v) is 16.8. The number of benzene rings is 1. The number of sulfonamides is 1. The van der Waals surface area contributed by atoms with Crippen LogP contribution in [0.3, 0.4) is 0 Å². The number of thiazole rings is 1. The second-order valence-electron chi connectivity index (χ2n) is 6.29. The first-order valence-electron chi connectivity index (χ1n) is 8.76. The lowest BCUT2D eigenvalue weighted by molar-refractivity contribution is 0.0702. The Bertz CT molecular complexity index is 1130. The number of nitrogens with zero attached hydrogens (tertiary/aromatic N) is 5. The number of piperazine rings is 1. The maximum Gasteiger partial charge on any atom is 0.347 e. The van der Waals surface area contributed by atoms with E-state index < -0.39 is 16.0 Å². The van der Waals surface area contributed by atoms with Crippen molar-refractivity contribution in [3.05, 3.63) is 53.9 Å². The monoisotopic (exact) mass is 431 g/mol. The molecule has 1 N–H and O–H groups in total. The predicted octanol–water partition coefficient (Wildman–Crippen LogP) is 1.81. The molecule has 0 radical (unpaired) electrons. The molecule has 1 aliphatic heterocycles. The standard InChI is InChI=1S/C18H17N5O4S2/c24-17(25)15-11-20-18(28-15)22-7-9-23(10-8-22)29(26,27)16-4-2-1-3-13(16)14-5-6-19-12-21-14/h1-6,11-12H,7-10H2,(H,24,25). The predicted molar refractivity (Wildman–Crippen MR) is 108 cm³/mol. The van der Waals surface area contributed by atoms with Crippen LogP contribution in [-0.4, -0.2) is 64.9 Å². The van der Waals surface area contributed by atoms with E-state index >= 15 is 0 Å². The molecule has 0 atom stereocenters. The van der Waals surface area contributed by atoms with Crippen LogP contribution in [0.1, 0.15) is 9.67 Å². The first kappa shape index (κ1) is 19.4. The minimum atomic E-state index is -3.72. The normalized spacial score (nSPS) is 15.4. The number of carboxylic acids is 1. The van der Waals surface area contributed by atoms with Crippen molar-refractivity contribution in [2.45, 2.75) is 4.90 Å². The highest BCUT2D eigenvalue weighted by Gasteiger charge is 2.31. The lowest BCUT2D eigenvalue weighted by Gasteiger charge is -2.34. The third-order valence-corrected chi connectivity index (χ3v) is 7.58. The molecule has 1 aromatic carbocycles. The molecule has 0 spiro atoms. The number of aromatic carboxylic acids is 1. The summed E-state index contributed by atoms with van der Waals surface area (Å²) < 4.78 is 28.0. The summed E-state index contributed by atoms with van der Waals surface area (Å²) in [6.07, 6.45) is 4.28. The van der Waals surface area contributed by atoms with E-state index in [1.165, 1.54) is 16.8 Å². The average molecular weight is 431 g/mol. The Hall–Kier alpha value is -2.89. The second-order valence-corrected chi connectivity index (χ2v) is 9.21. The van der Waals surface area contributed by atoms with E-state index in [1.807, 2.05) is 4.90 Å². The first-order valence-corrected chi connectivity index (χ1v) is 11.0. The van der Waals surface area contributed by atoms with Crippen LogP contribution in [0.5, 0.6) is 0 Å². The van der Waals surface area contributed by atoms with Crippen molar-refractivity contribution < 1.29 is 18.3 Å². The summed E-state index contributed by atoms with van der Waals surface area (Å²) >= 11 is 1.09. The number of anilines is 1. The van der Waals surface area contributed by atoms with E-state index in [0.717, 1.165) is 11.3 Å². The highest BCUT2D eigenvalue weighted by Crippen LogP contribution is 2.29. The van der Waals surface area contributed by atoms with E-state index in [-0.39, 0.29) is 22.9 Å². The van der Waals surface area contributed by atoms with Crippen LogP contribution in [0.4, 0.5) is 5.13 Å². The van der Waals surface area contributed by atoms with E-state index in [2.05, 4.69) is 15.0 Å². The van der Waals surface area contributed by atoms with E-state index in [1.54, 1.807) is 36.5 Å². The van der Waals surface area contributed by atoms with Crippen LogP contribution in [-0.2, 0) is 10.0 Å². The molecule has 3 heterocycles. The van der Waals surface area contributed by atoms with Crippen molar-refractivity contribution in [2.75, 3.05) is 31.1 Å². The van der Waals surface area contributed by atoms with Gasteiger partial charge in [0.25, 0.3) is 0 Å². The molecule has 2 aromatic heterocycles. The van der Waals surface area contributed by atoms with Gasteiger partial charge in [-0.3, -0.25) is 0 Å². The number of carboxylic acid groups (broad SMARTS) is 1. The van der Waals surface area contributed by atoms with Gasteiger partial charge in [-0.2, -0.15) is 4.31 Å². The molecule has 150 valence electrons. The summed E-state index contributed by atoms with van der Waals surface area (Å²) in [4.78, 5) is 25.5. The summed E-state index contributed by atoms with van der Waals surface area (Å²) in [5.41, 5.74) is 1.07. The van der Waals surface area contributed by atoms with Gasteiger partial charge in [-0.05, 0) is 12.1 Å². The summed E-state index contributed by atoms with van der Waals surface area (Å²) in [5.74, 6) is -1.02. The fraction of sp³-hybridized carbons (Fsp3) is 0.222. The van der Waals surface area contributed by atoms with Gasteiger partial charge in [-0.25, -0.2) is 28.2 Å². The number of hydrogen-bond acceptors (Lipinski definition) is 8. The van der Waals surface area contributed by atoms with Crippen LogP contribution in [0.25, 0.3) is 11.3 Å². The molecular weight excluding hydrogens is 414 g/mol. The Morgan fingerprint density at radius 3 is 2.48 bits per heavy atom.